The van der Waals surface area contributed by atoms with E-state index in [0.29, 0.717) is 16.8 Å². The van der Waals surface area contributed by atoms with Gasteiger partial charge >= 0.3 is 18.2 Å². The van der Waals surface area contributed by atoms with Gasteiger partial charge in [-0.05, 0) is 62.7 Å². The third-order valence-corrected chi connectivity index (χ3v) is 6.51. The van der Waals surface area contributed by atoms with Gasteiger partial charge < -0.3 is 49.9 Å². The topological polar surface area (TPSA) is 242 Å². The van der Waals surface area contributed by atoms with Crippen LogP contribution < -0.4 is 31.6 Å². The van der Waals surface area contributed by atoms with Crippen molar-refractivity contribution < 1.29 is 51.9 Å². The Balaban J connectivity index is 2.03. The number of amidine groups is 2. The number of nitrogens with two attached hydrogens (primary N) is 2. The summed E-state index contributed by atoms with van der Waals surface area (Å²) in [6.07, 6.45) is -0.805. The molecule has 54 heavy (non-hydrogen) atoms. The van der Waals surface area contributed by atoms with Crippen LogP contribution in [0.5, 0.6) is 11.5 Å². The fraction of sp³-hybridized carbons (Fsp3) is 0.343. The van der Waals surface area contributed by atoms with Gasteiger partial charge in [-0.15, -0.1) is 0 Å². The summed E-state index contributed by atoms with van der Waals surface area (Å²) in [6.45, 7) is 8.88. The summed E-state index contributed by atoms with van der Waals surface area (Å²) < 4.78 is 52.7. The maximum Gasteiger partial charge on any atom is 0.511 e. The number of amides is 1. The summed E-state index contributed by atoms with van der Waals surface area (Å²) in [7, 11) is 1.37. The molecule has 3 rings (SSSR count). The van der Waals surface area contributed by atoms with Gasteiger partial charge in [-0.25, -0.2) is 28.9 Å². The average molecular weight is 755 g/mol. The molecule has 0 saturated heterocycles. The number of anilines is 2. The maximum absolute atomic E-state index is 16.3. The molecule has 0 radical (unpaired) electrons. The van der Waals surface area contributed by atoms with Crippen LogP contribution in [0.3, 0.4) is 0 Å². The lowest BCUT2D eigenvalue weighted by atomic mass is 10.0. The Labute approximate surface area is 310 Å². The van der Waals surface area contributed by atoms with Gasteiger partial charge in [0.15, 0.2) is 11.6 Å². The minimum atomic E-state index is -1.37. The lowest BCUT2D eigenvalue weighted by molar-refractivity contribution is -0.141. The first kappa shape index (κ1) is 41.9. The fourth-order valence-electron chi connectivity index (χ4n) is 4.16. The van der Waals surface area contributed by atoms with Crippen molar-refractivity contribution >= 4 is 41.7 Å². The largest absolute Gasteiger partial charge is 0.511 e. The predicted octanol–water partition coefficient (Wildman–Crippen LogP) is 4.43. The Morgan fingerprint density at radius 2 is 1.70 bits per heavy atom. The zero-order valence-corrected chi connectivity index (χ0v) is 30.4. The summed E-state index contributed by atoms with van der Waals surface area (Å²) in [5, 5.41) is 5.90. The van der Waals surface area contributed by atoms with E-state index >= 15 is 4.39 Å². The Bertz CT molecular complexity index is 1790. The van der Waals surface area contributed by atoms with Gasteiger partial charge in [0.25, 0.3) is 6.02 Å². The van der Waals surface area contributed by atoms with Crippen molar-refractivity contribution in [3.63, 3.8) is 0 Å². The van der Waals surface area contributed by atoms with E-state index in [4.69, 9.17) is 44.6 Å². The highest BCUT2D eigenvalue weighted by molar-refractivity contribution is 6.03. The van der Waals surface area contributed by atoms with E-state index in [2.05, 4.69) is 37.2 Å². The highest BCUT2D eigenvalue weighted by atomic mass is 19.1. The number of benzene rings is 2. The van der Waals surface area contributed by atoms with Crippen molar-refractivity contribution in [1.29, 1.82) is 0 Å². The van der Waals surface area contributed by atoms with E-state index in [1.54, 1.807) is 51.1 Å². The minimum absolute atomic E-state index is 0.0132. The van der Waals surface area contributed by atoms with E-state index in [1.165, 1.54) is 38.6 Å². The monoisotopic (exact) mass is 754 g/mol. The molecule has 0 saturated carbocycles. The number of aromatic nitrogens is 2. The molecule has 0 bridgehead atoms. The summed E-state index contributed by atoms with van der Waals surface area (Å²) in [4.78, 5) is 51.5. The quantitative estimate of drug-likeness (QED) is 0.0283. The van der Waals surface area contributed by atoms with Gasteiger partial charge in [0.05, 0.1) is 19.3 Å². The summed E-state index contributed by atoms with van der Waals surface area (Å²) in [5.74, 6) is -1.48. The Morgan fingerprint density at radius 1 is 1.00 bits per heavy atom. The molecule has 6 N–H and O–H groups in total. The summed E-state index contributed by atoms with van der Waals surface area (Å²) in [6, 6.07) is 9.04. The van der Waals surface area contributed by atoms with Gasteiger partial charge in [0.2, 0.25) is 12.7 Å². The van der Waals surface area contributed by atoms with Crippen molar-refractivity contribution in [3.05, 3.63) is 84.0 Å². The molecule has 1 amide bonds. The van der Waals surface area contributed by atoms with Crippen LogP contribution in [0, 0.1) is 5.82 Å². The second kappa shape index (κ2) is 21.1. The molecule has 0 fully saturated rings. The van der Waals surface area contributed by atoms with Crippen molar-refractivity contribution in [2.75, 3.05) is 44.4 Å². The number of hydrogen-bond acceptors (Lipinski definition) is 15. The molecule has 3 aromatic rings. The molecule has 290 valence electrons. The molecule has 18 nitrogen and oxygen atoms in total. The van der Waals surface area contributed by atoms with Gasteiger partial charge in [-0.1, -0.05) is 6.58 Å². The third-order valence-electron chi connectivity index (χ3n) is 6.51. The van der Waals surface area contributed by atoms with Crippen LogP contribution in [0.25, 0.3) is 0 Å². The van der Waals surface area contributed by atoms with Crippen LogP contribution in [-0.4, -0.2) is 86.0 Å². The number of rotatable bonds is 17. The van der Waals surface area contributed by atoms with Crippen LogP contribution in [0.1, 0.15) is 44.9 Å². The number of nitrogens with zero attached hydrogens (tertiary/aromatic N) is 4. The molecule has 2 aromatic carbocycles. The predicted molar refractivity (Wildman–Crippen MR) is 194 cm³/mol. The van der Waals surface area contributed by atoms with E-state index < -0.39 is 49.1 Å². The minimum Gasteiger partial charge on any atom is -0.497 e. The second-order valence-corrected chi connectivity index (χ2v) is 11.4. The van der Waals surface area contributed by atoms with Crippen molar-refractivity contribution in [2.45, 2.75) is 46.0 Å². The van der Waals surface area contributed by atoms with Crippen LogP contribution in [0.4, 0.5) is 25.6 Å². The standard InChI is InChI=1S/C35H43FN8O10/c1-20(2)18-51-34(46)43-30(37)23-8-10-24(11-9-23)41-29(26-16-25(48-6)17-27(28(26)36)50-15-14-49-22(5)45)31(38)42-33(44-32-39-12-7-13-40-32)52-19-53-35(47)54-21(3)4/h7-13,16-17,21,29,31,41H,1,14-15,18-19,38H2,2-6H3,(H2,37,43,46)(H,39,40,42,44)/t29-,31?/m1/s1. The average Bonchev–Trinajstić information content (AvgIpc) is 3.12. The molecule has 1 unspecified atom stereocenters. The van der Waals surface area contributed by atoms with E-state index in [9.17, 15) is 14.4 Å². The van der Waals surface area contributed by atoms with Crippen molar-refractivity contribution in [2.24, 2.45) is 21.5 Å². The van der Waals surface area contributed by atoms with Gasteiger partial charge in [-0.3, -0.25) is 10.1 Å². The molecule has 0 aliphatic rings. The highest BCUT2D eigenvalue weighted by Crippen LogP contribution is 2.34. The van der Waals surface area contributed by atoms with Crippen LogP contribution >= 0.6 is 0 Å². The first-order valence-corrected chi connectivity index (χ1v) is 16.2. The number of hydrogen-bond donors (Lipinski definition) is 4. The lowest BCUT2D eigenvalue weighted by Crippen LogP contribution is -2.35. The first-order chi connectivity index (χ1) is 25.7. The molecule has 0 aliphatic carbocycles. The number of esters is 1. The number of halogens is 1. The molecule has 1 heterocycles. The molecule has 2 atom stereocenters. The van der Waals surface area contributed by atoms with Crippen LogP contribution in [0.15, 0.2) is 77.0 Å². The molecular weight excluding hydrogens is 711 g/mol. The Morgan fingerprint density at radius 3 is 2.33 bits per heavy atom. The molecule has 0 aliphatic heterocycles. The number of carbonyl (C=O) groups is 3. The number of ether oxygens (including phenoxy) is 7. The van der Waals surface area contributed by atoms with Crippen molar-refractivity contribution in [1.82, 2.24) is 9.97 Å². The molecule has 1 aromatic heterocycles. The SMILES string of the molecule is C=C(C)COC(=O)N=C(N)c1ccc(N[C@H](c2cc(OC)cc(OCCOC(C)=O)c2F)C(N)/N=C(\Nc2ncccn2)OCOC(=O)OC(C)C)cc1. The van der Waals surface area contributed by atoms with E-state index in [-0.39, 0.29) is 54.7 Å². The smallest absolute Gasteiger partial charge is 0.497 e. The lowest BCUT2D eigenvalue weighted by Gasteiger charge is -2.26. The van der Waals surface area contributed by atoms with Gasteiger partial charge in [-0.2, -0.15) is 4.99 Å². The molecule has 19 heteroatoms. The van der Waals surface area contributed by atoms with Crippen LogP contribution in [-0.2, 0) is 28.5 Å². The second-order valence-electron chi connectivity index (χ2n) is 11.4. The van der Waals surface area contributed by atoms with Crippen molar-refractivity contribution in [3.8, 4) is 11.5 Å². The fourth-order valence-corrected chi connectivity index (χ4v) is 4.16. The highest BCUT2D eigenvalue weighted by Gasteiger charge is 2.28. The van der Waals surface area contributed by atoms with E-state index in [0.717, 1.165) is 0 Å². The normalized spacial score (nSPS) is 12.5. The molecular formula is C35H43FN8O10. The zero-order chi connectivity index (χ0) is 39.6. The zero-order valence-electron chi connectivity index (χ0n) is 30.4. The number of methoxy groups -OCH3 is 1. The third kappa shape index (κ3) is 14.3. The van der Waals surface area contributed by atoms with E-state index in [1.807, 2.05) is 0 Å². The number of aliphatic imine (C=N–C) groups is 2. The molecule has 0 spiro atoms. The number of carbonyl (C=O) groups excluding carboxylic acids is 3. The summed E-state index contributed by atoms with van der Waals surface area (Å²) >= 11 is 0. The Hall–Kier alpha value is -6.50. The first-order valence-electron chi connectivity index (χ1n) is 16.2. The maximum atomic E-state index is 16.3. The van der Waals surface area contributed by atoms with Gasteiger partial charge in [0.1, 0.15) is 37.6 Å². The number of nitrogens with one attached hydrogen (secondary N) is 2. The van der Waals surface area contributed by atoms with Gasteiger partial charge in [0, 0.05) is 42.2 Å². The summed E-state index contributed by atoms with van der Waals surface area (Å²) in [5.41, 5.74) is 14.0. The Kier molecular flexibility index (Phi) is 16.4. The van der Waals surface area contributed by atoms with Crippen LogP contribution in [0.2, 0.25) is 0 Å².